The standard InChI is InChI=1S/C17H12FNO3/c1-10(20)19-11-6-7-13-15(21)9-17(22-16(13)8-11)12-4-2-3-5-14(12)18/h2-9H,1H3,(H,19,20). The van der Waals surface area contributed by atoms with Gasteiger partial charge in [-0.3, -0.25) is 9.59 Å². The van der Waals surface area contributed by atoms with Crippen molar-refractivity contribution in [1.82, 2.24) is 0 Å². The third kappa shape index (κ3) is 2.61. The first-order valence-corrected chi connectivity index (χ1v) is 6.65. The quantitative estimate of drug-likeness (QED) is 0.786. The molecule has 1 N–H and O–H groups in total. The second kappa shape index (κ2) is 5.44. The minimum Gasteiger partial charge on any atom is -0.456 e. The zero-order chi connectivity index (χ0) is 15.7. The summed E-state index contributed by atoms with van der Waals surface area (Å²) < 4.78 is 19.5. The molecule has 4 nitrogen and oxygen atoms in total. The van der Waals surface area contributed by atoms with Gasteiger partial charge < -0.3 is 9.73 Å². The molecule has 1 aromatic heterocycles. The van der Waals surface area contributed by atoms with Gasteiger partial charge >= 0.3 is 0 Å². The summed E-state index contributed by atoms with van der Waals surface area (Å²) in [6, 6.07) is 12.1. The van der Waals surface area contributed by atoms with Crippen LogP contribution in [-0.2, 0) is 4.79 Å². The number of benzene rings is 2. The first kappa shape index (κ1) is 14.0. The average Bonchev–Trinajstić information content (AvgIpc) is 2.46. The third-order valence-corrected chi connectivity index (χ3v) is 3.19. The van der Waals surface area contributed by atoms with Gasteiger partial charge in [-0.2, -0.15) is 0 Å². The monoisotopic (exact) mass is 297 g/mol. The van der Waals surface area contributed by atoms with Crippen molar-refractivity contribution in [3.8, 4) is 11.3 Å². The lowest BCUT2D eigenvalue weighted by Gasteiger charge is -2.06. The smallest absolute Gasteiger partial charge is 0.221 e. The number of fused-ring (bicyclic) bond motifs is 1. The van der Waals surface area contributed by atoms with Gasteiger partial charge in [0, 0.05) is 24.7 Å². The molecule has 0 fully saturated rings. The number of hydrogen-bond acceptors (Lipinski definition) is 3. The minimum absolute atomic E-state index is 0.149. The van der Waals surface area contributed by atoms with E-state index in [4.69, 9.17) is 4.42 Å². The van der Waals surface area contributed by atoms with Gasteiger partial charge in [0.15, 0.2) is 5.43 Å². The van der Waals surface area contributed by atoms with Crippen LogP contribution in [0.5, 0.6) is 0 Å². The molecule has 0 aliphatic carbocycles. The maximum atomic E-state index is 13.8. The molecule has 0 saturated heterocycles. The SMILES string of the molecule is CC(=O)Nc1ccc2c(=O)cc(-c3ccccc3F)oc2c1. The first-order valence-electron chi connectivity index (χ1n) is 6.65. The number of carbonyl (C=O) groups is 1. The predicted octanol–water partition coefficient (Wildman–Crippen LogP) is 3.56. The molecule has 0 bridgehead atoms. The van der Waals surface area contributed by atoms with Gasteiger partial charge in [-0.05, 0) is 24.3 Å². The summed E-state index contributed by atoms with van der Waals surface area (Å²) in [7, 11) is 0. The fraction of sp³-hybridized carbons (Fsp3) is 0.0588. The summed E-state index contributed by atoms with van der Waals surface area (Å²) in [4.78, 5) is 23.2. The molecule has 0 saturated carbocycles. The van der Waals surface area contributed by atoms with Crippen LogP contribution in [0.4, 0.5) is 10.1 Å². The van der Waals surface area contributed by atoms with Crippen LogP contribution in [0.25, 0.3) is 22.3 Å². The Hall–Kier alpha value is -2.95. The molecule has 0 radical (unpaired) electrons. The highest BCUT2D eigenvalue weighted by Crippen LogP contribution is 2.25. The van der Waals surface area contributed by atoms with Crippen molar-refractivity contribution in [2.75, 3.05) is 5.32 Å². The van der Waals surface area contributed by atoms with Crippen LogP contribution in [0.2, 0.25) is 0 Å². The lowest BCUT2D eigenvalue weighted by Crippen LogP contribution is -2.06. The molecule has 3 aromatic rings. The van der Waals surface area contributed by atoms with Crippen molar-refractivity contribution in [3.63, 3.8) is 0 Å². The van der Waals surface area contributed by atoms with Gasteiger partial charge in [0.1, 0.15) is 17.2 Å². The van der Waals surface area contributed by atoms with Gasteiger partial charge in [-0.25, -0.2) is 4.39 Å². The van der Waals surface area contributed by atoms with Crippen molar-refractivity contribution < 1.29 is 13.6 Å². The zero-order valence-electron chi connectivity index (χ0n) is 11.7. The van der Waals surface area contributed by atoms with E-state index in [2.05, 4.69) is 5.32 Å². The maximum Gasteiger partial charge on any atom is 0.221 e. The third-order valence-electron chi connectivity index (χ3n) is 3.19. The number of carbonyl (C=O) groups excluding carboxylic acids is 1. The fourth-order valence-electron chi connectivity index (χ4n) is 2.23. The van der Waals surface area contributed by atoms with Gasteiger partial charge in [-0.15, -0.1) is 0 Å². The van der Waals surface area contributed by atoms with Crippen molar-refractivity contribution >= 4 is 22.6 Å². The van der Waals surface area contributed by atoms with Crippen LogP contribution in [0.15, 0.2) is 57.7 Å². The number of nitrogens with one attached hydrogen (secondary N) is 1. The highest BCUT2D eigenvalue weighted by atomic mass is 19.1. The van der Waals surface area contributed by atoms with Gasteiger partial charge in [0.05, 0.1) is 10.9 Å². The molecule has 0 atom stereocenters. The molecule has 1 amide bonds. The molecule has 2 aromatic carbocycles. The van der Waals surface area contributed by atoms with Crippen LogP contribution in [0, 0.1) is 5.82 Å². The van der Waals surface area contributed by atoms with Crippen LogP contribution < -0.4 is 10.7 Å². The maximum absolute atomic E-state index is 13.8. The Bertz CT molecular complexity index is 931. The minimum atomic E-state index is -0.469. The number of anilines is 1. The normalized spacial score (nSPS) is 10.6. The second-order valence-electron chi connectivity index (χ2n) is 4.85. The van der Waals surface area contributed by atoms with Crippen molar-refractivity contribution in [2.45, 2.75) is 6.92 Å². The van der Waals surface area contributed by atoms with Gasteiger partial charge in [0.2, 0.25) is 5.91 Å². The van der Waals surface area contributed by atoms with E-state index in [0.717, 1.165) is 0 Å². The van der Waals surface area contributed by atoms with E-state index in [1.165, 1.54) is 25.1 Å². The van der Waals surface area contributed by atoms with Crippen LogP contribution in [-0.4, -0.2) is 5.91 Å². The molecule has 0 unspecified atom stereocenters. The van der Waals surface area contributed by atoms with E-state index in [9.17, 15) is 14.0 Å². The number of amides is 1. The number of halogens is 1. The summed E-state index contributed by atoms with van der Waals surface area (Å²) in [5.41, 5.74) is 0.742. The summed E-state index contributed by atoms with van der Waals surface area (Å²) in [5.74, 6) is -0.550. The Morgan fingerprint density at radius 2 is 1.91 bits per heavy atom. The van der Waals surface area contributed by atoms with Crippen LogP contribution >= 0.6 is 0 Å². The molecular weight excluding hydrogens is 285 g/mol. The summed E-state index contributed by atoms with van der Waals surface area (Å²) in [5, 5.41) is 2.98. The lowest BCUT2D eigenvalue weighted by molar-refractivity contribution is -0.114. The van der Waals surface area contributed by atoms with E-state index in [1.807, 2.05) is 0 Å². The molecule has 110 valence electrons. The lowest BCUT2D eigenvalue weighted by atomic mass is 10.1. The predicted molar refractivity (Wildman–Crippen MR) is 82.2 cm³/mol. The Labute approximate surface area is 125 Å². The summed E-state index contributed by atoms with van der Waals surface area (Å²) in [6.45, 7) is 1.39. The van der Waals surface area contributed by atoms with Crippen LogP contribution in [0.1, 0.15) is 6.92 Å². The first-order chi connectivity index (χ1) is 10.5. The molecular formula is C17H12FNO3. The highest BCUT2D eigenvalue weighted by molar-refractivity contribution is 5.91. The Morgan fingerprint density at radius 1 is 1.14 bits per heavy atom. The van der Waals surface area contributed by atoms with Crippen molar-refractivity contribution in [1.29, 1.82) is 0 Å². The molecule has 22 heavy (non-hydrogen) atoms. The fourth-order valence-corrected chi connectivity index (χ4v) is 2.23. The molecule has 0 aliphatic rings. The molecule has 0 aliphatic heterocycles. The number of rotatable bonds is 2. The topological polar surface area (TPSA) is 59.3 Å². The van der Waals surface area contributed by atoms with Gasteiger partial charge in [-0.1, -0.05) is 12.1 Å². The van der Waals surface area contributed by atoms with Crippen molar-refractivity contribution in [3.05, 3.63) is 64.6 Å². The van der Waals surface area contributed by atoms with E-state index in [0.29, 0.717) is 11.1 Å². The Morgan fingerprint density at radius 3 is 2.64 bits per heavy atom. The second-order valence-corrected chi connectivity index (χ2v) is 4.85. The van der Waals surface area contributed by atoms with E-state index >= 15 is 0 Å². The molecule has 3 rings (SSSR count). The highest BCUT2D eigenvalue weighted by Gasteiger charge is 2.11. The molecule has 0 spiro atoms. The largest absolute Gasteiger partial charge is 0.456 e. The van der Waals surface area contributed by atoms with E-state index < -0.39 is 5.82 Å². The zero-order valence-corrected chi connectivity index (χ0v) is 11.7. The number of hydrogen-bond donors (Lipinski definition) is 1. The summed E-state index contributed by atoms with van der Waals surface area (Å²) in [6.07, 6.45) is 0. The average molecular weight is 297 g/mol. The van der Waals surface area contributed by atoms with E-state index in [-0.39, 0.29) is 28.2 Å². The molecule has 5 heteroatoms. The Kier molecular flexibility index (Phi) is 3.47. The molecule has 1 heterocycles. The van der Waals surface area contributed by atoms with Gasteiger partial charge in [0.25, 0.3) is 0 Å². The van der Waals surface area contributed by atoms with Crippen LogP contribution in [0.3, 0.4) is 0 Å². The summed E-state index contributed by atoms with van der Waals surface area (Å²) >= 11 is 0. The Balaban J connectivity index is 2.20. The van der Waals surface area contributed by atoms with E-state index in [1.54, 1.807) is 30.3 Å². The van der Waals surface area contributed by atoms with Crippen molar-refractivity contribution in [2.24, 2.45) is 0 Å².